The molecular weight excluding hydrogens is 442 g/mol. The second kappa shape index (κ2) is 9.39. The van der Waals surface area contributed by atoms with Crippen LogP contribution in [0, 0.1) is 0 Å². The number of methoxy groups -OCH3 is 1. The van der Waals surface area contributed by atoms with Gasteiger partial charge in [-0.25, -0.2) is 0 Å². The number of anilines is 2. The maximum Gasteiger partial charge on any atom is 0.266 e. The Morgan fingerprint density at radius 1 is 1.18 bits per heavy atom. The molecule has 170 valence electrons. The Morgan fingerprint density at radius 2 is 1.97 bits per heavy atom. The largest absolute Gasteiger partial charge is 0.375 e. The predicted octanol–water partition coefficient (Wildman–Crippen LogP) is 3.27. The van der Waals surface area contributed by atoms with Gasteiger partial charge in [0.1, 0.15) is 12.4 Å². The van der Waals surface area contributed by atoms with Crippen molar-refractivity contribution in [2.45, 2.75) is 6.92 Å². The minimum Gasteiger partial charge on any atom is -0.375 e. The fourth-order valence-corrected chi connectivity index (χ4v) is 4.28. The molecule has 0 bridgehead atoms. The fourth-order valence-electron chi connectivity index (χ4n) is 3.40. The van der Waals surface area contributed by atoms with Crippen LogP contribution in [0.3, 0.4) is 0 Å². The first-order valence-electron chi connectivity index (χ1n) is 10.3. The van der Waals surface area contributed by atoms with Crippen molar-refractivity contribution in [1.29, 1.82) is 0 Å². The zero-order valence-corrected chi connectivity index (χ0v) is 19.2. The molecule has 0 fully saturated rings. The third kappa shape index (κ3) is 4.43. The van der Waals surface area contributed by atoms with Crippen LogP contribution in [-0.4, -0.2) is 56.2 Å². The van der Waals surface area contributed by atoms with E-state index in [0.29, 0.717) is 39.4 Å². The number of carbonyl (C=O) groups excluding carboxylic acids is 3. The molecule has 4 rings (SSSR count). The number of amides is 3. The van der Waals surface area contributed by atoms with Gasteiger partial charge in [0.25, 0.3) is 17.7 Å². The molecule has 3 amide bonds. The van der Waals surface area contributed by atoms with E-state index in [1.54, 1.807) is 43.7 Å². The van der Waals surface area contributed by atoms with E-state index in [0.717, 1.165) is 10.5 Å². The van der Waals surface area contributed by atoms with Crippen LogP contribution >= 0.6 is 11.3 Å². The molecule has 0 radical (unpaired) electrons. The van der Waals surface area contributed by atoms with Crippen molar-refractivity contribution in [3.63, 3.8) is 0 Å². The molecule has 0 unspecified atom stereocenters. The molecular formula is C23H23N5O4S. The SMILES string of the molecule is CCNC(=O)c1c(NC(=O)c2ccc(C3=CN=C3)s2)[nH]c2cc(N(C)C(=O)COC)ccc12. The highest BCUT2D eigenvalue weighted by Gasteiger charge is 2.22. The molecule has 3 heterocycles. The third-order valence-electron chi connectivity index (χ3n) is 5.16. The van der Waals surface area contributed by atoms with Crippen molar-refractivity contribution in [3.05, 3.63) is 51.8 Å². The Bertz CT molecular complexity index is 1300. The standard InChI is InChI=1S/C23H23N5O4S/c1-4-25-23(31)20-15-6-5-14(28(2)19(29)12-32-3)9-16(15)26-21(20)27-22(30)18-8-7-17(33-18)13-10-24-11-13/h5-11,26H,4,12H2,1-3H3,(H,25,31)(H,27,30). The maximum absolute atomic E-state index is 12.9. The summed E-state index contributed by atoms with van der Waals surface area (Å²) in [4.78, 5) is 48.0. The number of nitrogens with one attached hydrogen (secondary N) is 3. The molecule has 2 aromatic heterocycles. The zero-order valence-electron chi connectivity index (χ0n) is 18.4. The van der Waals surface area contributed by atoms with Gasteiger partial charge in [-0.1, -0.05) is 0 Å². The zero-order chi connectivity index (χ0) is 23.5. The van der Waals surface area contributed by atoms with Crippen molar-refractivity contribution in [2.75, 3.05) is 37.5 Å². The van der Waals surface area contributed by atoms with Gasteiger partial charge in [0.15, 0.2) is 0 Å². The highest BCUT2D eigenvalue weighted by molar-refractivity contribution is 7.15. The lowest BCUT2D eigenvalue weighted by atomic mass is 10.1. The average molecular weight is 466 g/mol. The van der Waals surface area contributed by atoms with Crippen molar-refractivity contribution < 1.29 is 19.1 Å². The van der Waals surface area contributed by atoms with Crippen molar-refractivity contribution in [1.82, 2.24) is 10.3 Å². The molecule has 33 heavy (non-hydrogen) atoms. The number of rotatable bonds is 8. The average Bonchev–Trinajstić information content (AvgIpc) is 3.36. The van der Waals surface area contributed by atoms with Gasteiger partial charge in [-0.05, 0) is 37.3 Å². The summed E-state index contributed by atoms with van der Waals surface area (Å²) in [7, 11) is 3.11. The number of hydrogen-bond donors (Lipinski definition) is 3. The minimum atomic E-state index is -0.326. The number of fused-ring (bicyclic) bond motifs is 1. The van der Waals surface area contributed by atoms with Gasteiger partial charge in [0, 0.05) is 60.2 Å². The number of thiophene rings is 1. The number of allylic oxidation sites excluding steroid dienone is 1. The molecule has 3 aromatic rings. The lowest BCUT2D eigenvalue weighted by molar-refractivity contribution is -0.121. The van der Waals surface area contributed by atoms with Crippen LogP contribution < -0.4 is 15.5 Å². The highest BCUT2D eigenvalue weighted by atomic mass is 32.1. The summed E-state index contributed by atoms with van der Waals surface area (Å²) in [5.41, 5.74) is 2.56. The highest BCUT2D eigenvalue weighted by Crippen LogP contribution is 2.31. The summed E-state index contributed by atoms with van der Waals surface area (Å²) in [5.74, 6) is -0.546. The first-order valence-corrected chi connectivity index (χ1v) is 11.1. The topological polar surface area (TPSA) is 116 Å². The van der Waals surface area contributed by atoms with Crippen LogP contribution in [-0.2, 0) is 9.53 Å². The summed E-state index contributed by atoms with van der Waals surface area (Å²) in [5, 5.41) is 6.26. The summed E-state index contributed by atoms with van der Waals surface area (Å²) >= 11 is 1.35. The maximum atomic E-state index is 12.9. The summed E-state index contributed by atoms with van der Waals surface area (Å²) in [6, 6.07) is 8.87. The van der Waals surface area contributed by atoms with Crippen molar-refractivity contribution in [3.8, 4) is 0 Å². The first-order chi connectivity index (χ1) is 15.9. The van der Waals surface area contributed by atoms with Crippen LogP contribution in [0.1, 0.15) is 31.8 Å². The Kier molecular flexibility index (Phi) is 6.38. The molecule has 0 atom stereocenters. The first kappa shape index (κ1) is 22.4. The lowest BCUT2D eigenvalue weighted by Gasteiger charge is -2.16. The molecule has 1 aliphatic heterocycles. The Labute approximate surface area is 194 Å². The number of aliphatic imine (C=N–C) groups is 1. The normalized spacial score (nSPS) is 12.3. The van der Waals surface area contributed by atoms with Gasteiger partial charge in [0.2, 0.25) is 0 Å². The molecule has 9 nitrogen and oxygen atoms in total. The molecule has 1 aliphatic rings. The molecule has 0 saturated carbocycles. The minimum absolute atomic E-state index is 0.0454. The van der Waals surface area contributed by atoms with E-state index in [1.165, 1.54) is 23.3 Å². The number of H-pyrrole nitrogens is 1. The number of likely N-dealkylation sites (N-methyl/N-ethyl adjacent to an activating group) is 1. The van der Waals surface area contributed by atoms with Crippen molar-refractivity contribution >= 4 is 63.3 Å². The van der Waals surface area contributed by atoms with Gasteiger partial charge in [-0.2, -0.15) is 0 Å². The van der Waals surface area contributed by atoms with Crippen molar-refractivity contribution in [2.24, 2.45) is 4.99 Å². The van der Waals surface area contributed by atoms with E-state index in [4.69, 9.17) is 4.74 Å². The molecule has 3 N–H and O–H groups in total. The second-order valence-corrected chi connectivity index (χ2v) is 8.41. The van der Waals surface area contributed by atoms with E-state index >= 15 is 0 Å². The van der Waals surface area contributed by atoms with Gasteiger partial charge < -0.3 is 25.3 Å². The van der Waals surface area contributed by atoms with Crippen LogP contribution in [0.4, 0.5) is 11.5 Å². The number of nitrogens with zero attached hydrogens (tertiary/aromatic N) is 2. The molecule has 0 aliphatic carbocycles. The quantitative estimate of drug-likeness (QED) is 0.473. The summed E-state index contributed by atoms with van der Waals surface area (Å²) in [6.07, 6.45) is 3.48. The number of aromatic amines is 1. The van der Waals surface area contributed by atoms with Crippen LogP contribution in [0.15, 0.2) is 41.5 Å². The van der Waals surface area contributed by atoms with Gasteiger partial charge >= 0.3 is 0 Å². The van der Waals surface area contributed by atoms with Crippen LogP contribution in [0.25, 0.3) is 16.5 Å². The third-order valence-corrected chi connectivity index (χ3v) is 6.29. The number of aromatic nitrogens is 1. The molecule has 10 heteroatoms. The lowest BCUT2D eigenvalue weighted by Crippen LogP contribution is -2.29. The summed E-state index contributed by atoms with van der Waals surface area (Å²) in [6.45, 7) is 2.22. The van der Waals surface area contributed by atoms with Gasteiger partial charge in [-0.3, -0.25) is 19.4 Å². The monoisotopic (exact) mass is 465 g/mol. The second-order valence-electron chi connectivity index (χ2n) is 7.33. The predicted molar refractivity (Wildman–Crippen MR) is 130 cm³/mol. The van der Waals surface area contributed by atoms with Crippen LogP contribution in [0.2, 0.25) is 0 Å². The van der Waals surface area contributed by atoms with E-state index < -0.39 is 0 Å². The number of hydrogen-bond acceptors (Lipinski definition) is 6. The Hall–Kier alpha value is -3.76. The summed E-state index contributed by atoms with van der Waals surface area (Å²) < 4.78 is 4.92. The van der Waals surface area contributed by atoms with E-state index in [1.807, 2.05) is 13.0 Å². The number of ether oxygens (including phenoxy) is 1. The Morgan fingerprint density at radius 3 is 2.64 bits per heavy atom. The van der Waals surface area contributed by atoms with E-state index in [-0.39, 0.29) is 24.3 Å². The Balaban J connectivity index is 1.67. The number of carbonyl (C=O) groups is 3. The number of benzene rings is 1. The van der Waals surface area contributed by atoms with Crippen LogP contribution in [0.5, 0.6) is 0 Å². The molecule has 1 aromatic carbocycles. The molecule has 0 saturated heterocycles. The van der Waals surface area contributed by atoms with Gasteiger partial charge in [-0.15, -0.1) is 11.3 Å². The smallest absolute Gasteiger partial charge is 0.266 e. The van der Waals surface area contributed by atoms with Gasteiger partial charge in [0.05, 0.1) is 10.4 Å². The van der Waals surface area contributed by atoms with E-state index in [2.05, 4.69) is 20.6 Å². The van der Waals surface area contributed by atoms with E-state index in [9.17, 15) is 14.4 Å². The fraction of sp³-hybridized carbons (Fsp3) is 0.217. The molecule has 0 spiro atoms.